The molecule has 0 atom stereocenters. The van der Waals surface area contributed by atoms with E-state index in [0.717, 1.165) is 0 Å². The van der Waals surface area contributed by atoms with Crippen LogP contribution in [0.1, 0.15) is 6.92 Å². The van der Waals surface area contributed by atoms with Crippen molar-refractivity contribution < 1.29 is 54.9 Å². The summed E-state index contributed by atoms with van der Waals surface area (Å²) in [5, 5.41) is 7.57. The quantitative estimate of drug-likeness (QED) is 0.514. The van der Waals surface area contributed by atoms with Crippen LogP contribution in [0.15, 0.2) is 0 Å². The fraction of sp³-hybridized carbons (Fsp3) is 1.00. The molecule has 0 amide bonds. The minimum absolute atomic E-state index is 0. The fourth-order valence-electron chi connectivity index (χ4n) is 0.122. The third-order valence-electron chi connectivity index (χ3n) is 0.200. The first-order valence-electron chi connectivity index (χ1n) is 2.48. The van der Waals surface area contributed by atoms with Gasteiger partial charge < -0.3 is 38.1 Å². The molecule has 0 aromatic heterocycles. The molecule has 0 heterocycles. The van der Waals surface area contributed by atoms with E-state index in [1.165, 1.54) is 0 Å². The predicted molar refractivity (Wildman–Crippen MR) is 29.1 cm³/mol. The van der Waals surface area contributed by atoms with Crippen molar-refractivity contribution in [1.29, 1.82) is 0 Å². The molecular formula is C2H6CoO8P2. The summed E-state index contributed by atoms with van der Waals surface area (Å²) >= 11 is 0. The van der Waals surface area contributed by atoms with Crippen LogP contribution in [-0.2, 0) is 30.2 Å². The summed E-state index contributed by atoms with van der Waals surface area (Å²) in [5.41, 5.74) is 0. The van der Waals surface area contributed by atoms with Gasteiger partial charge in [0.1, 0.15) is 0 Å². The van der Waals surface area contributed by atoms with Crippen molar-refractivity contribution in [2.24, 2.45) is 0 Å². The number of aliphatic hydroxyl groups excluding tert-OH is 1. The first-order valence-corrected chi connectivity index (χ1v) is 5.41. The minimum Gasteiger partial charge on any atom is -0.790 e. The Morgan fingerprint density at radius 2 is 1.31 bits per heavy atom. The Morgan fingerprint density at radius 3 is 1.31 bits per heavy atom. The van der Waals surface area contributed by atoms with Gasteiger partial charge in [-0.3, -0.25) is 0 Å². The van der Waals surface area contributed by atoms with E-state index in [1.54, 1.807) is 6.92 Å². The number of aliphatic hydroxyl groups is 1. The van der Waals surface area contributed by atoms with Gasteiger partial charge in [0.2, 0.25) is 0 Å². The zero-order chi connectivity index (χ0) is 10.4. The van der Waals surface area contributed by atoms with Crippen LogP contribution in [0.3, 0.4) is 0 Å². The molecule has 13 heavy (non-hydrogen) atoms. The van der Waals surface area contributed by atoms with E-state index in [9.17, 15) is 28.7 Å². The zero-order valence-corrected chi connectivity index (χ0v) is 9.07. The van der Waals surface area contributed by atoms with Crippen LogP contribution in [0.25, 0.3) is 0 Å². The van der Waals surface area contributed by atoms with Gasteiger partial charge in [-0.2, -0.15) is 0 Å². The average Bonchev–Trinajstić information content (AvgIpc) is 1.53. The van der Waals surface area contributed by atoms with Gasteiger partial charge in [0.15, 0.2) is 0 Å². The summed E-state index contributed by atoms with van der Waals surface area (Å²) in [5.74, 6) is 0. The van der Waals surface area contributed by atoms with Crippen LogP contribution in [0.5, 0.6) is 0 Å². The van der Waals surface area contributed by atoms with Crippen molar-refractivity contribution in [3.05, 3.63) is 0 Å². The van der Waals surface area contributed by atoms with Crippen LogP contribution < -0.4 is 19.6 Å². The van der Waals surface area contributed by atoms with E-state index in [4.69, 9.17) is 5.11 Å². The fourth-order valence-corrected chi connectivity index (χ4v) is 1.10. The summed E-state index contributed by atoms with van der Waals surface area (Å²) in [7, 11) is -11.4. The molecule has 1 N–H and O–H groups in total. The molecule has 0 saturated carbocycles. The van der Waals surface area contributed by atoms with Gasteiger partial charge in [0, 0.05) is 6.61 Å². The van der Waals surface area contributed by atoms with Crippen molar-refractivity contribution in [2.45, 2.75) is 6.92 Å². The largest absolute Gasteiger partial charge is 4.00 e. The van der Waals surface area contributed by atoms with Gasteiger partial charge in [0.05, 0.1) is 15.6 Å². The van der Waals surface area contributed by atoms with E-state index < -0.39 is 15.6 Å². The van der Waals surface area contributed by atoms with E-state index in [0.29, 0.717) is 0 Å². The van der Waals surface area contributed by atoms with Gasteiger partial charge in [-0.1, -0.05) is 0 Å². The molecule has 0 aliphatic heterocycles. The number of rotatable bonds is 2. The van der Waals surface area contributed by atoms with Crippen LogP contribution in [-0.4, -0.2) is 11.7 Å². The van der Waals surface area contributed by atoms with E-state index in [-0.39, 0.29) is 23.4 Å². The molecule has 0 spiro atoms. The van der Waals surface area contributed by atoms with Crippen LogP contribution in [0.4, 0.5) is 0 Å². The molecule has 0 unspecified atom stereocenters. The number of hydrogen-bond donors (Lipinski definition) is 1. The topological polar surface area (TPSA) is 156 Å². The zero-order valence-electron chi connectivity index (χ0n) is 6.24. The third-order valence-corrected chi connectivity index (χ3v) is 1.80. The Balaban J connectivity index is -0.000000220. The molecule has 0 bridgehead atoms. The smallest absolute Gasteiger partial charge is 0.790 e. The molecule has 0 rings (SSSR count). The molecule has 0 aliphatic carbocycles. The normalized spacial score (nSPS) is 10.9. The van der Waals surface area contributed by atoms with Gasteiger partial charge in [-0.05, 0) is 6.92 Å². The Hall–Kier alpha value is 0.726. The standard InChI is InChI=1S/C2H6O.Co.H4O7P2/c1-2-3;;1-8(2,3)7-9(4,5)6/h3H,2H2,1H3;;(H2,1,2,3)(H2,4,5,6)/q;+4;/p-4. The Kier molecular flexibility index (Phi) is 12.0. The summed E-state index contributed by atoms with van der Waals surface area (Å²) in [4.78, 5) is 37.3. The van der Waals surface area contributed by atoms with Crippen molar-refractivity contribution in [1.82, 2.24) is 0 Å². The molecule has 0 aromatic rings. The second-order valence-electron chi connectivity index (χ2n) is 1.29. The average molecular weight is 279 g/mol. The summed E-state index contributed by atoms with van der Waals surface area (Å²) < 4.78 is 21.2. The van der Waals surface area contributed by atoms with Gasteiger partial charge in [0.25, 0.3) is 0 Å². The van der Waals surface area contributed by atoms with Crippen molar-refractivity contribution in [3.8, 4) is 0 Å². The first kappa shape index (κ1) is 19.3. The Labute approximate surface area is 84.6 Å². The predicted octanol–water partition coefficient (Wildman–Crippen LogP) is -3.34. The second-order valence-corrected chi connectivity index (χ2v) is 3.73. The van der Waals surface area contributed by atoms with Crippen LogP contribution in [0, 0.1) is 0 Å². The van der Waals surface area contributed by atoms with Crippen molar-refractivity contribution in [2.75, 3.05) is 6.61 Å². The first-order chi connectivity index (χ1) is 5.12. The molecule has 8 nitrogen and oxygen atoms in total. The van der Waals surface area contributed by atoms with E-state index in [2.05, 4.69) is 4.31 Å². The monoisotopic (exact) mass is 279 g/mol. The molecule has 11 heteroatoms. The maximum Gasteiger partial charge on any atom is 4.00 e. The number of phosphoric acid groups is 2. The van der Waals surface area contributed by atoms with Gasteiger partial charge in [-0.25, -0.2) is 0 Å². The van der Waals surface area contributed by atoms with Crippen LogP contribution in [0.2, 0.25) is 0 Å². The summed E-state index contributed by atoms with van der Waals surface area (Å²) in [6, 6.07) is 0. The van der Waals surface area contributed by atoms with Gasteiger partial charge in [-0.15, -0.1) is 0 Å². The van der Waals surface area contributed by atoms with Crippen molar-refractivity contribution >= 4 is 15.6 Å². The molecule has 0 saturated heterocycles. The van der Waals surface area contributed by atoms with Crippen LogP contribution >= 0.6 is 15.6 Å². The Bertz CT molecular complexity index is 172. The molecule has 1 radical (unpaired) electrons. The Morgan fingerprint density at radius 1 is 1.15 bits per heavy atom. The second kappa shape index (κ2) is 8.07. The maximum atomic E-state index is 9.32. The molecule has 0 aliphatic rings. The third kappa shape index (κ3) is 32.4. The minimum atomic E-state index is -5.68. The van der Waals surface area contributed by atoms with E-state index in [1.807, 2.05) is 0 Å². The van der Waals surface area contributed by atoms with E-state index >= 15 is 0 Å². The van der Waals surface area contributed by atoms with Gasteiger partial charge >= 0.3 is 16.8 Å². The molecule has 0 fully saturated rings. The molecule has 81 valence electrons. The molecule has 0 aromatic carbocycles. The number of hydrogen-bond acceptors (Lipinski definition) is 8. The maximum absolute atomic E-state index is 9.32. The SMILES string of the molecule is CCO.O=P([O-])([O-])OP(=O)([O-])[O-].[Co+4]. The molecular weight excluding hydrogens is 273 g/mol. The van der Waals surface area contributed by atoms with Crippen molar-refractivity contribution in [3.63, 3.8) is 0 Å². The summed E-state index contributed by atoms with van der Waals surface area (Å²) in [6.45, 7) is 1.93. The summed E-state index contributed by atoms with van der Waals surface area (Å²) in [6.07, 6.45) is 0.